The fourth-order valence-electron chi connectivity index (χ4n) is 3.95. The van der Waals surface area contributed by atoms with Crippen LogP contribution < -0.4 is 0 Å². The molecule has 0 bridgehead atoms. The Balaban J connectivity index is 1.16. The molecule has 0 aliphatic rings. The lowest BCUT2D eigenvalue weighted by Gasteiger charge is -1.95. The van der Waals surface area contributed by atoms with Gasteiger partial charge in [-0.05, 0) is 33.4 Å². The maximum atomic E-state index is 2.13. The van der Waals surface area contributed by atoms with Gasteiger partial charge in [-0.15, -0.1) is 0 Å². The first-order valence-corrected chi connectivity index (χ1v) is 14.2. The van der Waals surface area contributed by atoms with Gasteiger partial charge in [0.05, 0.1) is 0 Å². The van der Waals surface area contributed by atoms with Crippen molar-refractivity contribution in [1.29, 1.82) is 0 Å². The number of benzene rings is 4. The zero-order valence-electron chi connectivity index (χ0n) is 23.8. The normalized spacial score (nSPS) is 12.9. The van der Waals surface area contributed by atoms with Gasteiger partial charge in [0, 0.05) is 0 Å². The van der Waals surface area contributed by atoms with E-state index in [0.29, 0.717) is 0 Å². The molecule has 0 heterocycles. The van der Waals surface area contributed by atoms with E-state index < -0.39 is 0 Å². The van der Waals surface area contributed by atoms with Gasteiger partial charge in [-0.3, -0.25) is 0 Å². The minimum atomic E-state index is 1.17. The third kappa shape index (κ3) is 11.7. The van der Waals surface area contributed by atoms with Crippen LogP contribution in [0, 0.1) is 0 Å². The molecule has 4 rings (SSSR count). The molecule has 0 saturated carbocycles. The lowest BCUT2D eigenvalue weighted by molar-refractivity contribution is 1.62. The third-order valence-electron chi connectivity index (χ3n) is 6.20. The van der Waals surface area contributed by atoms with E-state index in [2.05, 4.69) is 146 Å². The molecule has 0 saturated heterocycles. The summed E-state index contributed by atoms with van der Waals surface area (Å²) < 4.78 is 0. The number of hydrogen-bond acceptors (Lipinski definition) is 0. The van der Waals surface area contributed by atoms with Crippen LogP contribution in [-0.4, -0.2) is 0 Å². The maximum absolute atomic E-state index is 2.13. The van der Waals surface area contributed by atoms with E-state index in [9.17, 15) is 0 Å². The highest BCUT2D eigenvalue weighted by molar-refractivity contribution is 5.60. The van der Waals surface area contributed by atoms with Gasteiger partial charge in [0.2, 0.25) is 0 Å². The molecule has 0 aromatic heterocycles. The Morgan fingerprint density at radius 2 is 0.381 bits per heavy atom. The highest BCUT2D eigenvalue weighted by Crippen LogP contribution is 2.10. The molecule has 204 valence electrons. The Morgan fingerprint density at radius 3 is 0.595 bits per heavy atom. The third-order valence-corrected chi connectivity index (χ3v) is 6.20. The standard InChI is InChI=1S/C42H36/c1(9-19-37-21-15-7-16-22-37)3-11-25-39-29-33-41(34-30-39)27-13-5-6-14-28-42-35-31-40(32-36-42)26-12-4-2-10-20-38-23-17-8-18-24-38/h1-36H/b3-1+,4-2+,6-5+,19-9+,20-10+,25-11+,26-12+,27-13+,28-14+. The van der Waals surface area contributed by atoms with Crippen LogP contribution in [0.5, 0.6) is 0 Å². The second-order valence-corrected chi connectivity index (χ2v) is 9.46. The number of hydrogen-bond donors (Lipinski definition) is 0. The van der Waals surface area contributed by atoms with Gasteiger partial charge in [0.1, 0.15) is 0 Å². The zero-order chi connectivity index (χ0) is 28.9. The summed E-state index contributed by atoms with van der Waals surface area (Å²) in [7, 11) is 0. The van der Waals surface area contributed by atoms with E-state index in [0.717, 1.165) is 0 Å². The molecule has 42 heavy (non-hydrogen) atoms. The van der Waals surface area contributed by atoms with Crippen molar-refractivity contribution in [3.8, 4) is 0 Å². The minimum absolute atomic E-state index is 1.17. The van der Waals surface area contributed by atoms with Gasteiger partial charge in [-0.2, -0.15) is 0 Å². The summed E-state index contributed by atoms with van der Waals surface area (Å²) in [6.45, 7) is 0. The van der Waals surface area contributed by atoms with Crippen LogP contribution in [0.15, 0.2) is 182 Å². The van der Waals surface area contributed by atoms with E-state index in [1.165, 1.54) is 33.4 Å². The molecule has 0 fully saturated rings. The maximum Gasteiger partial charge on any atom is -0.0256 e. The molecule has 0 aliphatic heterocycles. The Bertz CT molecular complexity index is 1470. The predicted octanol–water partition coefficient (Wildman–Crippen LogP) is 11.5. The average molecular weight is 541 g/mol. The van der Waals surface area contributed by atoms with Gasteiger partial charge in [0.15, 0.2) is 0 Å². The van der Waals surface area contributed by atoms with Gasteiger partial charge >= 0.3 is 0 Å². The Kier molecular flexibility index (Phi) is 12.6. The van der Waals surface area contributed by atoms with E-state index in [-0.39, 0.29) is 0 Å². The first kappa shape index (κ1) is 29.5. The largest absolute Gasteiger partial charge is 0.0622 e. The Morgan fingerprint density at radius 1 is 0.190 bits per heavy atom. The number of rotatable bonds is 12. The quantitative estimate of drug-likeness (QED) is 0.157. The van der Waals surface area contributed by atoms with Crippen LogP contribution in [0.4, 0.5) is 0 Å². The lowest BCUT2D eigenvalue weighted by atomic mass is 10.1. The van der Waals surface area contributed by atoms with Crippen molar-refractivity contribution in [3.05, 3.63) is 215 Å². The van der Waals surface area contributed by atoms with Crippen LogP contribution in [-0.2, 0) is 0 Å². The van der Waals surface area contributed by atoms with Gasteiger partial charge in [0.25, 0.3) is 0 Å². The highest BCUT2D eigenvalue weighted by atomic mass is 13.9. The molecule has 0 aliphatic carbocycles. The molecule has 0 radical (unpaired) electrons. The van der Waals surface area contributed by atoms with E-state index in [1.807, 2.05) is 72.9 Å². The van der Waals surface area contributed by atoms with Crippen molar-refractivity contribution < 1.29 is 0 Å². The van der Waals surface area contributed by atoms with Crippen molar-refractivity contribution in [2.24, 2.45) is 0 Å². The zero-order valence-corrected chi connectivity index (χ0v) is 23.8. The lowest BCUT2D eigenvalue weighted by Crippen LogP contribution is -1.74. The predicted molar refractivity (Wildman–Crippen MR) is 187 cm³/mol. The minimum Gasteiger partial charge on any atom is -0.0622 e. The van der Waals surface area contributed by atoms with Crippen molar-refractivity contribution in [1.82, 2.24) is 0 Å². The van der Waals surface area contributed by atoms with E-state index >= 15 is 0 Å². The Labute approximate surface area is 251 Å². The molecule has 0 nitrogen and oxygen atoms in total. The average Bonchev–Trinajstić information content (AvgIpc) is 3.04. The van der Waals surface area contributed by atoms with E-state index in [1.54, 1.807) is 0 Å². The summed E-state index contributed by atoms with van der Waals surface area (Å²) in [5.74, 6) is 0. The first-order valence-electron chi connectivity index (χ1n) is 14.2. The van der Waals surface area contributed by atoms with Gasteiger partial charge in [-0.25, -0.2) is 0 Å². The molecule has 4 aromatic rings. The molecular weight excluding hydrogens is 504 g/mol. The summed E-state index contributed by atoms with van der Waals surface area (Å²) in [5.41, 5.74) is 7.10. The van der Waals surface area contributed by atoms with Crippen molar-refractivity contribution in [2.75, 3.05) is 0 Å². The molecule has 0 spiro atoms. The summed E-state index contributed by atoms with van der Waals surface area (Å²) in [6, 6.07) is 37.6. The van der Waals surface area contributed by atoms with Crippen molar-refractivity contribution in [2.45, 2.75) is 0 Å². The summed E-state index contributed by atoms with van der Waals surface area (Å²) >= 11 is 0. The van der Waals surface area contributed by atoms with Crippen molar-refractivity contribution in [3.63, 3.8) is 0 Å². The molecular formula is C42H36. The van der Waals surface area contributed by atoms with Gasteiger partial charge < -0.3 is 0 Å². The van der Waals surface area contributed by atoms with Crippen LogP contribution in [0.2, 0.25) is 0 Å². The molecule has 0 N–H and O–H groups in total. The van der Waals surface area contributed by atoms with Crippen LogP contribution in [0.25, 0.3) is 36.5 Å². The SMILES string of the molecule is C(=C\C=C\c1ccc(/C=C/C=C/C=C/c2ccc(/C=C/C=C/C=C/c3ccccc3)cc2)cc1)/C=C/c1ccccc1. The fourth-order valence-corrected chi connectivity index (χ4v) is 3.95. The Hall–Kier alpha value is -5.46. The smallest absolute Gasteiger partial charge is 0.0256 e. The monoisotopic (exact) mass is 540 g/mol. The second kappa shape index (κ2) is 18.0. The molecule has 0 unspecified atom stereocenters. The van der Waals surface area contributed by atoms with Crippen molar-refractivity contribution >= 4 is 36.5 Å². The molecule has 0 heteroatoms. The van der Waals surface area contributed by atoms with Gasteiger partial charge in [-0.1, -0.05) is 219 Å². The van der Waals surface area contributed by atoms with E-state index in [4.69, 9.17) is 0 Å². The fraction of sp³-hybridized carbons (Fsp3) is 0. The number of allylic oxidation sites excluding steroid dienone is 12. The molecule has 4 aromatic carbocycles. The molecule has 0 atom stereocenters. The summed E-state index contributed by atoms with van der Waals surface area (Å²) in [5, 5.41) is 0. The first-order chi connectivity index (χ1) is 20.8. The van der Waals surface area contributed by atoms with Crippen LogP contribution >= 0.6 is 0 Å². The van der Waals surface area contributed by atoms with Crippen LogP contribution in [0.1, 0.15) is 33.4 Å². The second-order valence-electron chi connectivity index (χ2n) is 9.46. The molecule has 0 amide bonds. The summed E-state index contributed by atoms with van der Waals surface area (Å²) in [6.07, 6.45) is 37.3. The summed E-state index contributed by atoms with van der Waals surface area (Å²) in [4.78, 5) is 0. The topological polar surface area (TPSA) is 0 Å². The van der Waals surface area contributed by atoms with Crippen LogP contribution in [0.3, 0.4) is 0 Å². The highest BCUT2D eigenvalue weighted by Gasteiger charge is 1.89.